The number of aromatic nitrogens is 2. The fraction of sp³-hybridized carbons (Fsp3) is 0.304. The first-order valence-electron chi connectivity index (χ1n) is 9.86. The molecule has 0 aliphatic rings. The van der Waals surface area contributed by atoms with Gasteiger partial charge in [0.05, 0.1) is 5.52 Å². The summed E-state index contributed by atoms with van der Waals surface area (Å²) in [5.41, 5.74) is 1.97. The maximum atomic E-state index is 6.19. The van der Waals surface area contributed by atoms with Crippen LogP contribution in [0.3, 0.4) is 0 Å². The van der Waals surface area contributed by atoms with Crippen molar-refractivity contribution >= 4 is 40.5 Å². The molecule has 1 heterocycles. The van der Waals surface area contributed by atoms with Gasteiger partial charge in [-0.05, 0) is 55.9 Å². The molecule has 28 heavy (non-hydrogen) atoms. The number of hydrogen-bond acceptors (Lipinski definition) is 4. The van der Waals surface area contributed by atoms with E-state index in [1.165, 1.54) is 0 Å². The smallest absolute Gasteiger partial charge is 0.154 e. The van der Waals surface area contributed by atoms with Crippen LogP contribution in [-0.4, -0.2) is 41.0 Å². The topological polar surface area (TPSA) is 41.0 Å². The molecule has 4 nitrogen and oxygen atoms in total. The SMILES string of the molecule is CCN(CC)CCCNc1nc(/C=C/c2ccccc2)nc2cc(Cl)ccc12. The summed E-state index contributed by atoms with van der Waals surface area (Å²) in [5, 5.41) is 5.16. The lowest BCUT2D eigenvalue weighted by molar-refractivity contribution is 0.303. The van der Waals surface area contributed by atoms with Gasteiger partial charge in [0.2, 0.25) is 0 Å². The van der Waals surface area contributed by atoms with Gasteiger partial charge < -0.3 is 10.2 Å². The summed E-state index contributed by atoms with van der Waals surface area (Å²) in [6.45, 7) is 8.51. The highest BCUT2D eigenvalue weighted by Gasteiger charge is 2.07. The number of halogens is 1. The predicted octanol–water partition coefficient (Wildman–Crippen LogP) is 5.60. The molecule has 0 fully saturated rings. The van der Waals surface area contributed by atoms with Gasteiger partial charge in [-0.1, -0.05) is 61.9 Å². The first kappa shape index (κ1) is 20.3. The van der Waals surface area contributed by atoms with E-state index in [0.717, 1.165) is 54.9 Å². The van der Waals surface area contributed by atoms with Crippen molar-refractivity contribution in [2.75, 3.05) is 31.5 Å². The van der Waals surface area contributed by atoms with E-state index in [1.54, 1.807) is 0 Å². The van der Waals surface area contributed by atoms with Gasteiger partial charge in [-0.15, -0.1) is 0 Å². The van der Waals surface area contributed by atoms with E-state index in [2.05, 4.69) is 41.2 Å². The van der Waals surface area contributed by atoms with Crippen molar-refractivity contribution < 1.29 is 0 Å². The molecule has 3 rings (SSSR count). The molecule has 0 bridgehead atoms. The minimum absolute atomic E-state index is 0.671. The molecule has 0 amide bonds. The average Bonchev–Trinajstić information content (AvgIpc) is 2.72. The van der Waals surface area contributed by atoms with E-state index in [1.807, 2.05) is 48.6 Å². The van der Waals surface area contributed by atoms with Crippen LogP contribution < -0.4 is 5.32 Å². The quantitative estimate of drug-likeness (QED) is 0.480. The molecule has 1 N–H and O–H groups in total. The second-order valence-electron chi connectivity index (χ2n) is 6.64. The normalized spacial score (nSPS) is 11.6. The van der Waals surface area contributed by atoms with Gasteiger partial charge in [0.1, 0.15) is 5.82 Å². The molecule has 0 spiro atoms. The van der Waals surface area contributed by atoms with Gasteiger partial charge in [0, 0.05) is 17.0 Å². The van der Waals surface area contributed by atoms with Gasteiger partial charge in [0.15, 0.2) is 5.82 Å². The predicted molar refractivity (Wildman–Crippen MR) is 121 cm³/mol. The van der Waals surface area contributed by atoms with Crippen LogP contribution in [0.5, 0.6) is 0 Å². The van der Waals surface area contributed by atoms with Crippen LogP contribution in [0.15, 0.2) is 48.5 Å². The monoisotopic (exact) mass is 394 g/mol. The second-order valence-corrected chi connectivity index (χ2v) is 7.08. The van der Waals surface area contributed by atoms with Crippen LogP contribution in [-0.2, 0) is 0 Å². The Morgan fingerprint density at radius 2 is 1.79 bits per heavy atom. The Labute approximate surface area is 172 Å². The third kappa shape index (κ3) is 5.54. The van der Waals surface area contributed by atoms with Crippen molar-refractivity contribution in [3.8, 4) is 0 Å². The van der Waals surface area contributed by atoms with Crippen LogP contribution in [0, 0.1) is 0 Å². The molecule has 0 unspecified atom stereocenters. The van der Waals surface area contributed by atoms with Crippen LogP contribution in [0.2, 0.25) is 5.02 Å². The number of benzene rings is 2. The average molecular weight is 395 g/mol. The summed E-state index contributed by atoms with van der Waals surface area (Å²) in [6, 6.07) is 15.9. The van der Waals surface area contributed by atoms with Crippen LogP contribution in [0.4, 0.5) is 5.82 Å². The largest absolute Gasteiger partial charge is 0.369 e. The maximum absolute atomic E-state index is 6.19. The number of fused-ring (bicyclic) bond motifs is 1. The zero-order valence-corrected chi connectivity index (χ0v) is 17.3. The first-order chi connectivity index (χ1) is 13.7. The lowest BCUT2D eigenvalue weighted by atomic mass is 10.2. The summed E-state index contributed by atoms with van der Waals surface area (Å²) < 4.78 is 0. The van der Waals surface area contributed by atoms with Gasteiger partial charge in [-0.3, -0.25) is 0 Å². The van der Waals surface area contributed by atoms with Crippen LogP contribution in [0.25, 0.3) is 23.1 Å². The van der Waals surface area contributed by atoms with E-state index in [-0.39, 0.29) is 0 Å². The molecule has 0 saturated heterocycles. The number of anilines is 1. The van der Waals surface area contributed by atoms with Crippen LogP contribution in [0.1, 0.15) is 31.7 Å². The van der Waals surface area contributed by atoms with Crippen molar-refractivity contribution in [1.29, 1.82) is 0 Å². The third-order valence-corrected chi connectivity index (χ3v) is 4.97. The summed E-state index contributed by atoms with van der Waals surface area (Å²) in [5.74, 6) is 1.53. The molecule has 146 valence electrons. The van der Waals surface area contributed by atoms with Crippen molar-refractivity contribution in [2.24, 2.45) is 0 Å². The van der Waals surface area contributed by atoms with Crippen molar-refractivity contribution in [2.45, 2.75) is 20.3 Å². The minimum atomic E-state index is 0.671. The zero-order chi connectivity index (χ0) is 19.8. The van der Waals surface area contributed by atoms with E-state index in [9.17, 15) is 0 Å². The molecule has 1 aromatic heterocycles. The molecule has 5 heteroatoms. The molecule has 0 atom stereocenters. The van der Waals surface area contributed by atoms with E-state index >= 15 is 0 Å². The Balaban J connectivity index is 1.80. The Hall–Kier alpha value is -2.43. The van der Waals surface area contributed by atoms with Crippen molar-refractivity contribution in [3.05, 3.63) is 64.9 Å². The fourth-order valence-corrected chi connectivity index (χ4v) is 3.28. The lowest BCUT2D eigenvalue weighted by Crippen LogP contribution is -2.25. The third-order valence-electron chi connectivity index (χ3n) is 4.74. The Kier molecular flexibility index (Phi) is 7.40. The summed E-state index contributed by atoms with van der Waals surface area (Å²) in [7, 11) is 0. The molecule has 0 aliphatic carbocycles. The first-order valence-corrected chi connectivity index (χ1v) is 10.2. The second kappa shape index (κ2) is 10.2. The van der Waals surface area contributed by atoms with Crippen molar-refractivity contribution in [1.82, 2.24) is 14.9 Å². The Morgan fingerprint density at radius 3 is 2.54 bits per heavy atom. The van der Waals surface area contributed by atoms with Gasteiger partial charge in [-0.2, -0.15) is 0 Å². The zero-order valence-electron chi connectivity index (χ0n) is 16.5. The van der Waals surface area contributed by atoms with Gasteiger partial charge in [0.25, 0.3) is 0 Å². The highest BCUT2D eigenvalue weighted by atomic mass is 35.5. The molecular formula is C23H27ClN4. The maximum Gasteiger partial charge on any atom is 0.154 e. The molecule has 3 aromatic rings. The molecule has 0 saturated carbocycles. The van der Waals surface area contributed by atoms with Crippen molar-refractivity contribution in [3.63, 3.8) is 0 Å². The number of nitrogens with one attached hydrogen (secondary N) is 1. The molecular weight excluding hydrogens is 368 g/mol. The van der Waals surface area contributed by atoms with Gasteiger partial charge >= 0.3 is 0 Å². The molecule has 0 aliphatic heterocycles. The van der Waals surface area contributed by atoms with E-state index < -0.39 is 0 Å². The van der Waals surface area contributed by atoms with E-state index in [4.69, 9.17) is 16.6 Å². The fourth-order valence-electron chi connectivity index (χ4n) is 3.11. The standard InChI is InChI=1S/C23H27ClN4/c1-3-28(4-2)16-8-15-25-23-20-13-12-19(24)17-21(20)26-22(27-23)14-11-18-9-6-5-7-10-18/h5-7,9-14,17H,3-4,8,15-16H2,1-2H3,(H,25,26,27)/b14-11+. The van der Waals surface area contributed by atoms with Gasteiger partial charge in [-0.25, -0.2) is 9.97 Å². The lowest BCUT2D eigenvalue weighted by Gasteiger charge is -2.18. The summed E-state index contributed by atoms with van der Waals surface area (Å²) in [4.78, 5) is 11.8. The number of hydrogen-bond donors (Lipinski definition) is 1. The summed E-state index contributed by atoms with van der Waals surface area (Å²) >= 11 is 6.19. The van der Waals surface area contributed by atoms with Crippen LogP contribution >= 0.6 is 11.6 Å². The number of rotatable bonds is 9. The van der Waals surface area contributed by atoms with E-state index in [0.29, 0.717) is 10.8 Å². The number of nitrogens with zero attached hydrogens (tertiary/aromatic N) is 3. The Morgan fingerprint density at radius 1 is 1.00 bits per heavy atom. The minimum Gasteiger partial charge on any atom is -0.369 e. The Bertz CT molecular complexity index is 921. The molecule has 0 radical (unpaired) electrons. The highest BCUT2D eigenvalue weighted by molar-refractivity contribution is 6.31. The highest BCUT2D eigenvalue weighted by Crippen LogP contribution is 2.24. The molecule has 2 aromatic carbocycles. The summed E-state index contributed by atoms with van der Waals surface area (Å²) in [6.07, 6.45) is 5.03.